The van der Waals surface area contributed by atoms with Gasteiger partial charge in [0.25, 0.3) is 11.8 Å². The molecule has 0 saturated carbocycles. The van der Waals surface area contributed by atoms with E-state index in [0.717, 1.165) is 38.8 Å². The first kappa shape index (κ1) is 19.4. The number of amides is 2. The average molecular weight is 371 g/mol. The monoisotopic (exact) mass is 371 g/mol. The Bertz CT molecular complexity index is 814. The molecule has 1 unspecified atom stereocenters. The molecule has 7 heteroatoms. The third-order valence-corrected chi connectivity index (χ3v) is 5.16. The molecule has 3 heterocycles. The van der Waals surface area contributed by atoms with Crippen molar-refractivity contribution >= 4 is 17.3 Å². The number of imidazole rings is 1. The SMILES string of the molecule is CCC1CCCCN1C(=O)c1nc(C(=O)NCCN(C)C)n2ccccc12. The second-order valence-electron chi connectivity index (χ2n) is 7.36. The number of hydrogen-bond acceptors (Lipinski definition) is 4. The Morgan fingerprint density at radius 1 is 1.30 bits per heavy atom. The van der Waals surface area contributed by atoms with E-state index < -0.39 is 0 Å². The Balaban J connectivity index is 1.90. The first-order valence-electron chi connectivity index (χ1n) is 9.74. The number of carbonyl (C=O) groups is 2. The number of piperidine rings is 1. The topological polar surface area (TPSA) is 70.0 Å². The van der Waals surface area contributed by atoms with Gasteiger partial charge >= 0.3 is 0 Å². The number of fused-ring (bicyclic) bond motifs is 1. The minimum Gasteiger partial charge on any atom is -0.348 e. The fourth-order valence-corrected chi connectivity index (χ4v) is 3.66. The lowest BCUT2D eigenvalue weighted by molar-refractivity contribution is 0.0604. The number of nitrogens with zero attached hydrogens (tertiary/aromatic N) is 4. The number of pyridine rings is 1. The molecule has 1 aliphatic heterocycles. The molecule has 0 spiro atoms. The summed E-state index contributed by atoms with van der Waals surface area (Å²) in [7, 11) is 3.91. The van der Waals surface area contributed by atoms with Crippen molar-refractivity contribution in [2.24, 2.45) is 0 Å². The van der Waals surface area contributed by atoms with Crippen LogP contribution in [-0.4, -0.2) is 70.8 Å². The molecule has 0 aliphatic carbocycles. The fourth-order valence-electron chi connectivity index (χ4n) is 3.66. The maximum atomic E-state index is 13.2. The van der Waals surface area contributed by atoms with Crippen LogP contribution in [0.3, 0.4) is 0 Å². The van der Waals surface area contributed by atoms with Crippen LogP contribution in [0, 0.1) is 0 Å². The van der Waals surface area contributed by atoms with Crippen molar-refractivity contribution in [2.75, 3.05) is 33.7 Å². The number of hydrogen-bond donors (Lipinski definition) is 1. The average Bonchev–Trinajstić information content (AvgIpc) is 3.07. The predicted octanol–water partition coefficient (Wildman–Crippen LogP) is 2.03. The summed E-state index contributed by atoms with van der Waals surface area (Å²) >= 11 is 0. The van der Waals surface area contributed by atoms with E-state index in [1.54, 1.807) is 10.6 Å². The zero-order valence-electron chi connectivity index (χ0n) is 16.4. The molecule has 3 rings (SSSR count). The first-order valence-corrected chi connectivity index (χ1v) is 9.74. The van der Waals surface area contributed by atoms with Crippen LogP contribution >= 0.6 is 0 Å². The van der Waals surface area contributed by atoms with E-state index in [1.807, 2.05) is 42.1 Å². The van der Waals surface area contributed by atoms with Crippen molar-refractivity contribution in [3.05, 3.63) is 35.9 Å². The van der Waals surface area contributed by atoms with Gasteiger partial charge in [-0.2, -0.15) is 0 Å². The van der Waals surface area contributed by atoms with Crippen LogP contribution in [0.1, 0.15) is 53.7 Å². The van der Waals surface area contributed by atoms with Crippen molar-refractivity contribution in [3.63, 3.8) is 0 Å². The highest BCUT2D eigenvalue weighted by Gasteiger charge is 2.30. The summed E-state index contributed by atoms with van der Waals surface area (Å²) < 4.78 is 1.71. The minimum absolute atomic E-state index is 0.0717. The Hall–Kier alpha value is -2.41. The number of aromatic nitrogens is 2. The molecule has 0 aromatic carbocycles. The van der Waals surface area contributed by atoms with Crippen LogP contribution in [0.25, 0.3) is 5.52 Å². The molecule has 0 bridgehead atoms. The zero-order valence-corrected chi connectivity index (χ0v) is 16.4. The second-order valence-corrected chi connectivity index (χ2v) is 7.36. The number of likely N-dealkylation sites (N-methyl/N-ethyl adjacent to an activating group) is 1. The number of carbonyl (C=O) groups excluding carboxylic acids is 2. The van der Waals surface area contributed by atoms with Gasteiger partial charge in [-0.3, -0.25) is 14.0 Å². The highest BCUT2D eigenvalue weighted by Crippen LogP contribution is 2.23. The molecule has 1 saturated heterocycles. The molecule has 146 valence electrons. The van der Waals surface area contributed by atoms with Gasteiger partial charge in [-0.1, -0.05) is 13.0 Å². The van der Waals surface area contributed by atoms with Gasteiger partial charge in [0.2, 0.25) is 5.82 Å². The highest BCUT2D eigenvalue weighted by atomic mass is 16.2. The van der Waals surface area contributed by atoms with Crippen LogP contribution in [0.5, 0.6) is 0 Å². The third-order valence-electron chi connectivity index (χ3n) is 5.16. The van der Waals surface area contributed by atoms with Crippen molar-refractivity contribution in [3.8, 4) is 0 Å². The lowest BCUT2D eigenvalue weighted by atomic mass is 9.99. The summed E-state index contributed by atoms with van der Waals surface area (Å²) in [6.45, 7) is 4.15. The van der Waals surface area contributed by atoms with E-state index in [-0.39, 0.29) is 23.7 Å². The zero-order chi connectivity index (χ0) is 19.4. The van der Waals surface area contributed by atoms with Crippen LogP contribution in [0.15, 0.2) is 24.4 Å². The quantitative estimate of drug-likeness (QED) is 0.844. The Labute approximate surface area is 160 Å². The molecule has 1 N–H and O–H groups in total. The maximum Gasteiger partial charge on any atom is 0.287 e. The van der Waals surface area contributed by atoms with Crippen molar-refractivity contribution < 1.29 is 9.59 Å². The molecular weight excluding hydrogens is 342 g/mol. The molecule has 27 heavy (non-hydrogen) atoms. The molecule has 0 radical (unpaired) electrons. The van der Waals surface area contributed by atoms with E-state index >= 15 is 0 Å². The van der Waals surface area contributed by atoms with Crippen molar-refractivity contribution in [2.45, 2.75) is 38.6 Å². The van der Waals surface area contributed by atoms with E-state index in [1.165, 1.54) is 0 Å². The van der Waals surface area contributed by atoms with Gasteiger partial charge in [-0.15, -0.1) is 0 Å². The molecule has 1 atom stereocenters. The number of nitrogens with one attached hydrogen (secondary N) is 1. The van der Waals surface area contributed by atoms with Gasteiger partial charge < -0.3 is 15.1 Å². The van der Waals surface area contributed by atoms with E-state index in [4.69, 9.17) is 0 Å². The lowest BCUT2D eigenvalue weighted by Crippen LogP contribution is -2.43. The lowest BCUT2D eigenvalue weighted by Gasteiger charge is -2.34. The van der Waals surface area contributed by atoms with Gasteiger partial charge in [0, 0.05) is 31.9 Å². The standard InChI is InChI=1S/C20H29N5O2/c1-4-15-9-5-7-12-24(15)20(27)17-16-10-6-8-13-25(16)18(22-17)19(26)21-11-14-23(2)3/h6,8,10,13,15H,4-5,7,9,11-12,14H2,1-3H3,(H,21,26). The van der Waals surface area contributed by atoms with Crippen LogP contribution in [-0.2, 0) is 0 Å². The third kappa shape index (κ3) is 4.13. The van der Waals surface area contributed by atoms with Crippen LogP contribution < -0.4 is 5.32 Å². The normalized spacial score (nSPS) is 17.5. The second kappa shape index (κ2) is 8.52. The van der Waals surface area contributed by atoms with E-state index in [0.29, 0.717) is 17.8 Å². The Kier molecular flexibility index (Phi) is 6.11. The van der Waals surface area contributed by atoms with Gasteiger partial charge in [0.15, 0.2) is 5.69 Å². The largest absolute Gasteiger partial charge is 0.348 e. The summed E-state index contributed by atoms with van der Waals surface area (Å²) in [5.41, 5.74) is 1.05. The summed E-state index contributed by atoms with van der Waals surface area (Å²) in [6.07, 6.45) is 5.94. The van der Waals surface area contributed by atoms with Gasteiger partial charge in [0.05, 0.1) is 5.52 Å². The fraction of sp³-hybridized carbons (Fsp3) is 0.550. The molecular formula is C20H29N5O2. The smallest absolute Gasteiger partial charge is 0.287 e. The molecule has 1 aliphatic rings. The maximum absolute atomic E-state index is 13.2. The molecule has 2 amide bonds. The van der Waals surface area contributed by atoms with Gasteiger partial charge in [0.1, 0.15) is 0 Å². The molecule has 2 aromatic rings. The molecule has 1 fully saturated rings. The van der Waals surface area contributed by atoms with E-state index in [9.17, 15) is 9.59 Å². The van der Waals surface area contributed by atoms with Crippen LogP contribution in [0.4, 0.5) is 0 Å². The predicted molar refractivity (Wildman–Crippen MR) is 105 cm³/mol. The highest BCUT2D eigenvalue weighted by molar-refractivity contribution is 6.02. The molecule has 7 nitrogen and oxygen atoms in total. The minimum atomic E-state index is -0.261. The van der Waals surface area contributed by atoms with Gasteiger partial charge in [-0.05, 0) is 51.9 Å². The summed E-state index contributed by atoms with van der Waals surface area (Å²) in [5.74, 6) is -0.0712. The van der Waals surface area contributed by atoms with Crippen LogP contribution in [0.2, 0.25) is 0 Å². The van der Waals surface area contributed by atoms with Gasteiger partial charge in [-0.25, -0.2) is 4.98 Å². The summed E-state index contributed by atoms with van der Waals surface area (Å²) in [5, 5.41) is 2.89. The Morgan fingerprint density at radius 3 is 2.85 bits per heavy atom. The van der Waals surface area contributed by atoms with E-state index in [2.05, 4.69) is 17.2 Å². The van der Waals surface area contributed by atoms with Crippen molar-refractivity contribution in [1.82, 2.24) is 24.5 Å². The summed E-state index contributed by atoms with van der Waals surface area (Å²) in [4.78, 5) is 34.3. The molecule has 2 aromatic heterocycles. The number of likely N-dealkylation sites (tertiary alicyclic amines) is 1. The number of rotatable bonds is 6. The summed E-state index contributed by atoms with van der Waals surface area (Å²) in [6, 6.07) is 5.82. The Morgan fingerprint density at radius 2 is 2.11 bits per heavy atom. The van der Waals surface area contributed by atoms with Crippen molar-refractivity contribution in [1.29, 1.82) is 0 Å². The first-order chi connectivity index (χ1) is 13.0.